The second-order valence-corrected chi connectivity index (χ2v) is 6.78. The number of carbonyl (C=O) groups excluding carboxylic acids is 1. The Hall–Kier alpha value is -3.36. The quantitative estimate of drug-likeness (QED) is 0.624. The van der Waals surface area contributed by atoms with E-state index >= 15 is 0 Å². The van der Waals surface area contributed by atoms with Crippen LogP contribution in [-0.2, 0) is 17.5 Å². The van der Waals surface area contributed by atoms with Gasteiger partial charge < -0.3 is 15.2 Å². The molecule has 0 saturated heterocycles. The number of nitrogens with zero attached hydrogens (tertiary/aromatic N) is 2. The summed E-state index contributed by atoms with van der Waals surface area (Å²) >= 11 is 0. The largest absolute Gasteiger partial charge is 0.416 e. The number of rotatable bonds is 6. The number of amides is 1. The van der Waals surface area contributed by atoms with E-state index in [1.54, 1.807) is 12.1 Å². The lowest BCUT2D eigenvalue weighted by Gasteiger charge is -2.07. The number of alkyl halides is 3. The van der Waals surface area contributed by atoms with Crippen LogP contribution in [0.3, 0.4) is 0 Å². The highest BCUT2D eigenvalue weighted by Crippen LogP contribution is 2.31. The third-order valence-corrected chi connectivity index (χ3v) is 4.48. The monoisotopic (exact) mass is 402 g/mol. The minimum Gasteiger partial charge on any atom is -0.376 e. The van der Waals surface area contributed by atoms with E-state index in [9.17, 15) is 18.0 Å². The minimum absolute atomic E-state index is 0.0485. The van der Waals surface area contributed by atoms with E-state index in [1.807, 2.05) is 12.1 Å². The smallest absolute Gasteiger partial charge is 0.376 e. The molecule has 0 bridgehead atoms. The zero-order chi connectivity index (χ0) is 20.4. The highest BCUT2D eigenvalue weighted by atomic mass is 19.4. The van der Waals surface area contributed by atoms with Crippen LogP contribution in [0.15, 0.2) is 53.1 Å². The number of benzene rings is 2. The fourth-order valence-electron chi connectivity index (χ4n) is 2.69. The molecule has 6 nitrogen and oxygen atoms in total. The number of anilines is 2. The number of aromatic nitrogens is 2. The third kappa shape index (κ3) is 4.74. The van der Waals surface area contributed by atoms with Gasteiger partial charge in [-0.2, -0.15) is 18.2 Å². The maximum Gasteiger partial charge on any atom is 0.416 e. The van der Waals surface area contributed by atoms with Crippen molar-refractivity contribution in [2.24, 2.45) is 5.92 Å². The molecule has 4 rings (SSSR count). The van der Waals surface area contributed by atoms with Crippen LogP contribution < -0.4 is 10.6 Å². The maximum absolute atomic E-state index is 12.6. The molecule has 1 heterocycles. The van der Waals surface area contributed by atoms with Crippen molar-refractivity contribution >= 4 is 17.3 Å². The number of hydrogen-bond donors (Lipinski definition) is 2. The molecule has 1 aliphatic rings. The van der Waals surface area contributed by atoms with E-state index in [2.05, 4.69) is 20.8 Å². The van der Waals surface area contributed by atoms with Crippen LogP contribution in [0, 0.1) is 5.92 Å². The summed E-state index contributed by atoms with van der Waals surface area (Å²) in [5.41, 5.74) is 1.23. The summed E-state index contributed by atoms with van der Waals surface area (Å²) in [5, 5.41) is 9.78. The van der Waals surface area contributed by atoms with E-state index in [1.165, 1.54) is 12.1 Å². The van der Waals surface area contributed by atoms with Crippen LogP contribution in [0.4, 0.5) is 24.5 Å². The Labute approximate surface area is 164 Å². The van der Waals surface area contributed by atoms with Crippen LogP contribution in [0.2, 0.25) is 0 Å². The van der Waals surface area contributed by atoms with Crippen molar-refractivity contribution in [1.29, 1.82) is 0 Å². The van der Waals surface area contributed by atoms with Gasteiger partial charge >= 0.3 is 6.18 Å². The summed E-state index contributed by atoms with van der Waals surface area (Å²) in [6.07, 6.45) is -2.49. The van der Waals surface area contributed by atoms with Crippen molar-refractivity contribution in [2.75, 3.05) is 10.6 Å². The van der Waals surface area contributed by atoms with Gasteiger partial charge in [0, 0.05) is 22.9 Å². The average molecular weight is 402 g/mol. The Kier molecular flexibility index (Phi) is 4.96. The van der Waals surface area contributed by atoms with Gasteiger partial charge in [0.25, 0.3) is 0 Å². The predicted octanol–water partition coefficient (Wildman–Crippen LogP) is 4.72. The van der Waals surface area contributed by atoms with Crippen LogP contribution in [0.1, 0.15) is 24.3 Å². The van der Waals surface area contributed by atoms with E-state index in [0.29, 0.717) is 11.5 Å². The SMILES string of the molecule is O=C(Nc1ccc(NCc2nc(-c3ccc(C(F)(F)F)cc3)no2)cc1)C1CC1. The first-order valence-electron chi connectivity index (χ1n) is 9.03. The molecule has 150 valence electrons. The van der Waals surface area contributed by atoms with Crippen LogP contribution in [0.5, 0.6) is 0 Å². The van der Waals surface area contributed by atoms with Gasteiger partial charge in [-0.05, 0) is 49.2 Å². The molecular weight excluding hydrogens is 385 g/mol. The van der Waals surface area contributed by atoms with E-state index in [-0.39, 0.29) is 24.2 Å². The van der Waals surface area contributed by atoms with Crippen LogP contribution >= 0.6 is 0 Å². The van der Waals surface area contributed by atoms with Gasteiger partial charge in [0.2, 0.25) is 17.6 Å². The molecule has 1 saturated carbocycles. The Morgan fingerprint density at radius 1 is 1.03 bits per heavy atom. The van der Waals surface area contributed by atoms with Gasteiger partial charge in [-0.25, -0.2) is 0 Å². The summed E-state index contributed by atoms with van der Waals surface area (Å²) in [6.45, 7) is 0.251. The van der Waals surface area contributed by atoms with Crippen molar-refractivity contribution in [3.05, 3.63) is 60.0 Å². The van der Waals surface area contributed by atoms with Crippen molar-refractivity contribution in [1.82, 2.24) is 10.1 Å². The first-order chi connectivity index (χ1) is 13.9. The molecule has 0 atom stereocenters. The summed E-state index contributed by atoms with van der Waals surface area (Å²) in [6, 6.07) is 11.8. The summed E-state index contributed by atoms with van der Waals surface area (Å²) in [5.74, 6) is 0.705. The summed E-state index contributed by atoms with van der Waals surface area (Å²) in [7, 11) is 0. The summed E-state index contributed by atoms with van der Waals surface area (Å²) in [4.78, 5) is 15.9. The Bertz CT molecular complexity index is 994. The lowest BCUT2D eigenvalue weighted by molar-refractivity contribution is -0.137. The fraction of sp³-hybridized carbons (Fsp3) is 0.250. The molecule has 1 fully saturated rings. The van der Waals surface area contributed by atoms with Crippen LogP contribution in [-0.4, -0.2) is 16.0 Å². The maximum atomic E-state index is 12.6. The number of halogens is 3. The third-order valence-electron chi connectivity index (χ3n) is 4.48. The molecular formula is C20H17F3N4O2. The zero-order valence-electron chi connectivity index (χ0n) is 15.2. The van der Waals surface area contributed by atoms with Crippen molar-refractivity contribution in [3.8, 4) is 11.4 Å². The lowest BCUT2D eigenvalue weighted by atomic mass is 10.1. The van der Waals surface area contributed by atoms with E-state index < -0.39 is 11.7 Å². The molecule has 2 aromatic carbocycles. The molecule has 0 aliphatic heterocycles. The normalized spacial score (nSPS) is 13.9. The van der Waals surface area contributed by atoms with Gasteiger partial charge in [-0.1, -0.05) is 17.3 Å². The van der Waals surface area contributed by atoms with Crippen molar-refractivity contribution in [2.45, 2.75) is 25.6 Å². The fourth-order valence-corrected chi connectivity index (χ4v) is 2.69. The standard InChI is InChI=1S/C20H17F3N4O2/c21-20(22,23)14-5-3-12(4-6-14)18-26-17(29-27-18)11-24-15-7-9-16(10-8-15)25-19(28)13-1-2-13/h3-10,13,24H,1-2,11H2,(H,25,28). The number of hydrogen-bond acceptors (Lipinski definition) is 5. The highest BCUT2D eigenvalue weighted by Gasteiger charge is 2.30. The molecule has 0 spiro atoms. The first-order valence-corrected chi connectivity index (χ1v) is 9.03. The molecule has 3 aromatic rings. The topological polar surface area (TPSA) is 80.0 Å². The van der Waals surface area contributed by atoms with Crippen molar-refractivity contribution < 1.29 is 22.5 Å². The van der Waals surface area contributed by atoms with Crippen LogP contribution in [0.25, 0.3) is 11.4 Å². The molecule has 29 heavy (non-hydrogen) atoms. The second kappa shape index (κ2) is 7.57. The first kappa shape index (κ1) is 19.0. The Morgan fingerprint density at radius 2 is 1.69 bits per heavy atom. The predicted molar refractivity (Wildman–Crippen MR) is 99.9 cm³/mol. The molecule has 9 heteroatoms. The zero-order valence-corrected chi connectivity index (χ0v) is 15.2. The highest BCUT2D eigenvalue weighted by molar-refractivity contribution is 5.94. The molecule has 0 unspecified atom stereocenters. The Morgan fingerprint density at radius 3 is 2.31 bits per heavy atom. The Balaban J connectivity index is 1.34. The van der Waals surface area contributed by atoms with E-state index in [4.69, 9.17) is 4.52 Å². The average Bonchev–Trinajstić information content (AvgIpc) is 3.45. The molecule has 1 aliphatic carbocycles. The van der Waals surface area contributed by atoms with Gasteiger partial charge in [0.15, 0.2) is 0 Å². The summed E-state index contributed by atoms with van der Waals surface area (Å²) < 4.78 is 43.0. The van der Waals surface area contributed by atoms with Gasteiger partial charge in [0.1, 0.15) is 0 Å². The molecule has 1 aromatic heterocycles. The van der Waals surface area contributed by atoms with Gasteiger partial charge in [-0.15, -0.1) is 0 Å². The van der Waals surface area contributed by atoms with Crippen molar-refractivity contribution in [3.63, 3.8) is 0 Å². The molecule has 2 N–H and O–H groups in total. The molecule has 0 radical (unpaired) electrons. The minimum atomic E-state index is -4.39. The second-order valence-electron chi connectivity index (χ2n) is 6.78. The number of carbonyl (C=O) groups is 1. The number of nitrogens with one attached hydrogen (secondary N) is 2. The van der Waals surface area contributed by atoms with E-state index in [0.717, 1.165) is 36.3 Å². The molecule has 1 amide bonds. The van der Waals surface area contributed by atoms with Gasteiger partial charge in [0.05, 0.1) is 12.1 Å². The lowest BCUT2D eigenvalue weighted by Crippen LogP contribution is -2.13. The van der Waals surface area contributed by atoms with Gasteiger partial charge in [-0.3, -0.25) is 4.79 Å².